The van der Waals surface area contributed by atoms with Crippen molar-refractivity contribution in [3.05, 3.63) is 28.2 Å². The fourth-order valence-electron chi connectivity index (χ4n) is 1.70. The van der Waals surface area contributed by atoms with Gasteiger partial charge in [0.2, 0.25) is 0 Å². The third-order valence-electron chi connectivity index (χ3n) is 2.58. The smallest absolute Gasteiger partial charge is 0.140 e. The summed E-state index contributed by atoms with van der Waals surface area (Å²) in [7, 11) is 0. The first-order chi connectivity index (χ1) is 7.09. The van der Waals surface area contributed by atoms with Crippen LogP contribution in [0.25, 0.3) is 0 Å². The van der Waals surface area contributed by atoms with Crippen molar-refractivity contribution >= 4 is 23.2 Å². The highest BCUT2D eigenvalue weighted by atomic mass is 35.5. The molecule has 1 N–H and O–H groups in total. The fourth-order valence-corrected chi connectivity index (χ4v) is 2.02. The minimum absolute atomic E-state index is 0.172. The number of halogens is 2. The van der Waals surface area contributed by atoms with Gasteiger partial charge in [0, 0.05) is 24.1 Å². The van der Waals surface area contributed by atoms with Crippen molar-refractivity contribution in [1.82, 2.24) is 5.32 Å². The predicted molar refractivity (Wildman–Crippen MR) is 63.0 cm³/mol. The number of benzene rings is 1. The first-order valence-electron chi connectivity index (χ1n) is 4.94. The molecule has 0 radical (unpaired) electrons. The average molecular weight is 246 g/mol. The molecular weight excluding hydrogens is 233 g/mol. The van der Waals surface area contributed by atoms with E-state index in [1.165, 1.54) is 0 Å². The molecule has 15 heavy (non-hydrogen) atoms. The summed E-state index contributed by atoms with van der Waals surface area (Å²) in [4.78, 5) is 0. The summed E-state index contributed by atoms with van der Waals surface area (Å²) in [6.07, 6.45) is 0.982. The number of hydrogen-bond acceptors (Lipinski definition) is 2. The molecule has 82 valence electrons. The Bertz CT molecular complexity index is 362. The molecule has 1 fully saturated rings. The van der Waals surface area contributed by atoms with Gasteiger partial charge in [-0.15, -0.1) is 0 Å². The topological polar surface area (TPSA) is 21.3 Å². The monoisotopic (exact) mass is 245 g/mol. The van der Waals surface area contributed by atoms with Gasteiger partial charge in [-0.1, -0.05) is 23.2 Å². The van der Waals surface area contributed by atoms with Gasteiger partial charge in [0.25, 0.3) is 0 Å². The van der Waals surface area contributed by atoms with E-state index in [1.54, 1.807) is 18.2 Å². The van der Waals surface area contributed by atoms with Crippen LogP contribution in [0, 0.1) is 0 Å². The Morgan fingerprint density at radius 2 is 2.20 bits per heavy atom. The van der Waals surface area contributed by atoms with Gasteiger partial charge in [0.05, 0.1) is 5.02 Å². The van der Waals surface area contributed by atoms with Gasteiger partial charge in [0.15, 0.2) is 0 Å². The summed E-state index contributed by atoms with van der Waals surface area (Å²) < 4.78 is 5.90. The number of rotatable bonds is 2. The van der Waals surface area contributed by atoms with E-state index < -0.39 is 0 Å². The van der Waals surface area contributed by atoms with Crippen LogP contribution in [0.15, 0.2) is 18.2 Å². The van der Waals surface area contributed by atoms with Crippen molar-refractivity contribution in [1.29, 1.82) is 0 Å². The zero-order valence-electron chi connectivity index (χ0n) is 8.52. The maximum Gasteiger partial charge on any atom is 0.140 e. The maximum atomic E-state index is 6.03. The molecule has 1 aliphatic rings. The number of nitrogens with one attached hydrogen (secondary N) is 1. The van der Waals surface area contributed by atoms with Crippen LogP contribution in [0.1, 0.15) is 13.3 Å². The number of ether oxygens (including phenoxy) is 1. The molecule has 1 aliphatic heterocycles. The Kier molecular flexibility index (Phi) is 3.10. The van der Waals surface area contributed by atoms with Crippen molar-refractivity contribution in [2.75, 3.05) is 13.1 Å². The lowest BCUT2D eigenvalue weighted by molar-refractivity contribution is 0.111. The lowest BCUT2D eigenvalue weighted by atomic mass is 10.1. The summed E-state index contributed by atoms with van der Waals surface area (Å²) in [6.45, 7) is 3.90. The van der Waals surface area contributed by atoms with Crippen LogP contribution < -0.4 is 10.1 Å². The van der Waals surface area contributed by atoms with Crippen LogP contribution in [0.2, 0.25) is 10.0 Å². The van der Waals surface area contributed by atoms with E-state index >= 15 is 0 Å². The molecule has 1 atom stereocenters. The van der Waals surface area contributed by atoms with Crippen LogP contribution >= 0.6 is 23.2 Å². The molecule has 0 spiro atoms. The molecule has 4 heteroatoms. The summed E-state index contributed by atoms with van der Waals surface area (Å²) in [5.74, 6) is 0.662. The van der Waals surface area contributed by atoms with Gasteiger partial charge in [0.1, 0.15) is 11.4 Å². The molecule has 1 heterocycles. The first-order valence-corrected chi connectivity index (χ1v) is 5.69. The molecule has 0 bridgehead atoms. The molecule has 1 unspecified atom stereocenters. The first kappa shape index (κ1) is 11.1. The Hall–Kier alpha value is -0.440. The predicted octanol–water partition coefficient (Wildman–Crippen LogP) is 3.12. The summed E-state index contributed by atoms with van der Waals surface area (Å²) in [6, 6.07) is 5.27. The fraction of sp³-hybridized carbons (Fsp3) is 0.455. The standard InChI is InChI=1S/C11H13Cl2NO/c1-11(4-5-14-7-11)15-10-6-8(12)2-3-9(10)13/h2-3,6,14H,4-5,7H2,1H3. The third kappa shape index (κ3) is 2.57. The van der Waals surface area contributed by atoms with Gasteiger partial charge in [-0.05, 0) is 25.6 Å². The second-order valence-electron chi connectivity index (χ2n) is 4.05. The molecule has 1 aromatic carbocycles. The minimum atomic E-state index is -0.172. The van der Waals surface area contributed by atoms with Gasteiger partial charge >= 0.3 is 0 Å². The van der Waals surface area contributed by atoms with Crippen LogP contribution in [0.5, 0.6) is 5.75 Å². The molecule has 2 rings (SSSR count). The number of hydrogen-bond donors (Lipinski definition) is 1. The van der Waals surface area contributed by atoms with Crippen LogP contribution in [-0.4, -0.2) is 18.7 Å². The average Bonchev–Trinajstić information content (AvgIpc) is 2.59. The minimum Gasteiger partial charge on any atom is -0.485 e. The van der Waals surface area contributed by atoms with E-state index in [2.05, 4.69) is 12.2 Å². The largest absolute Gasteiger partial charge is 0.485 e. The van der Waals surface area contributed by atoms with E-state index in [0.717, 1.165) is 19.5 Å². The van der Waals surface area contributed by atoms with Crippen molar-refractivity contribution in [3.8, 4) is 5.75 Å². The summed E-state index contributed by atoms with van der Waals surface area (Å²) >= 11 is 11.9. The highest BCUT2D eigenvalue weighted by Gasteiger charge is 2.31. The third-order valence-corrected chi connectivity index (χ3v) is 3.13. The molecule has 0 amide bonds. The van der Waals surface area contributed by atoms with E-state index in [9.17, 15) is 0 Å². The Labute approximate surface area is 99.5 Å². The van der Waals surface area contributed by atoms with Crippen molar-refractivity contribution in [3.63, 3.8) is 0 Å². The molecular formula is C11H13Cl2NO. The highest BCUT2D eigenvalue weighted by Crippen LogP contribution is 2.32. The van der Waals surface area contributed by atoms with E-state index in [0.29, 0.717) is 15.8 Å². The van der Waals surface area contributed by atoms with E-state index in [4.69, 9.17) is 27.9 Å². The zero-order chi connectivity index (χ0) is 10.9. The van der Waals surface area contributed by atoms with Gasteiger partial charge in [-0.3, -0.25) is 0 Å². The molecule has 2 nitrogen and oxygen atoms in total. The maximum absolute atomic E-state index is 6.03. The molecule has 0 aromatic heterocycles. The van der Waals surface area contributed by atoms with Crippen molar-refractivity contribution < 1.29 is 4.74 Å². The van der Waals surface area contributed by atoms with Gasteiger partial charge < -0.3 is 10.1 Å². The van der Waals surface area contributed by atoms with E-state index in [1.807, 2.05) is 0 Å². The van der Waals surface area contributed by atoms with Crippen LogP contribution in [0.3, 0.4) is 0 Å². The molecule has 0 saturated carbocycles. The van der Waals surface area contributed by atoms with Gasteiger partial charge in [-0.25, -0.2) is 0 Å². The highest BCUT2D eigenvalue weighted by molar-refractivity contribution is 6.34. The SMILES string of the molecule is CC1(Oc2cc(Cl)ccc2Cl)CCNC1. The van der Waals surface area contributed by atoms with Crippen LogP contribution in [0.4, 0.5) is 0 Å². The Morgan fingerprint density at radius 1 is 1.40 bits per heavy atom. The van der Waals surface area contributed by atoms with Crippen molar-refractivity contribution in [2.24, 2.45) is 0 Å². The van der Waals surface area contributed by atoms with Crippen molar-refractivity contribution in [2.45, 2.75) is 18.9 Å². The molecule has 1 aromatic rings. The lowest BCUT2D eigenvalue weighted by Gasteiger charge is -2.25. The summed E-state index contributed by atoms with van der Waals surface area (Å²) in [5, 5.41) is 4.51. The Morgan fingerprint density at radius 3 is 2.87 bits per heavy atom. The van der Waals surface area contributed by atoms with Crippen LogP contribution in [-0.2, 0) is 0 Å². The Balaban J connectivity index is 2.19. The quantitative estimate of drug-likeness (QED) is 0.865. The second kappa shape index (κ2) is 4.20. The summed E-state index contributed by atoms with van der Waals surface area (Å²) in [5.41, 5.74) is -0.172. The molecule has 1 saturated heterocycles. The van der Waals surface area contributed by atoms with Gasteiger partial charge in [-0.2, -0.15) is 0 Å². The lowest BCUT2D eigenvalue weighted by Crippen LogP contribution is -2.34. The second-order valence-corrected chi connectivity index (χ2v) is 4.90. The van der Waals surface area contributed by atoms with E-state index in [-0.39, 0.29) is 5.60 Å². The molecule has 0 aliphatic carbocycles. The zero-order valence-corrected chi connectivity index (χ0v) is 10.0. The normalized spacial score (nSPS) is 25.5.